The number of unbranched alkanes of at least 4 members (excludes halogenated alkanes) is 3. The van der Waals surface area contributed by atoms with Crippen molar-refractivity contribution in [3.63, 3.8) is 0 Å². The summed E-state index contributed by atoms with van der Waals surface area (Å²) in [4.78, 5) is 0.448. The van der Waals surface area contributed by atoms with Crippen molar-refractivity contribution in [1.29, 1.82) is 0 Å². The molecule has 3 nitrogen and oxygen atoms in total. The van der Waals surface area contributed by atoms with Gasteiger partial charge in [0.05, 0.1) is 0 Å². The topological polar surface area (TPSA) is 37.4 Å². The second-order valence-electron chi connectivity index (χ2n) is 7.94. The molecule has 0 N–H and O–H groups in total. The van der Waals surface area contributed by atoms with E-state index in [9.17, 15) is 8.42 Å². The Morgan fingerprint density at radius 3 is 1.59 bits per heavy atom. The normalized spacial score (nSPS) is 12.7. The molecule has 0 atom stereocenters. The van der Waals surface area contributed by atoms with Gasteiger partial charge < -0.3 is 0 Å². The molecular weight excluding hydrogens is 461 g/mol. The molecule has 1 aromatic carbocycles. The van der Waals surface area contributed by atoms with Crippen molar-refractivity contribution in [1.82, 2.24) is 4.31 Å². The summed E-state index contributed by atoms with van der Waals surface area (Å²) in [5.41, 5.74) is 0. The number of hydrogen-bond donors (Lipinski definition) is 0. The van der Waals surface area contributed by atoms with Crippen molar-refractivity contribution in [3.05, 3.63) is 24.3 Å². The van der Waals surface area contributed by atoms with Gasteiger partial charge in [0.15, 0.2) is 0 Å². The molecule has 156 valence electrons. The first-order chi connectivity index (χ1) is 12.9. The first-order valence-electron chi connectivity index (χ1n) is 10.9. The number of sulfonamides is 1. The molecule has 0 bridgehead atoms. The van der Waals surface area contributed by atoms with Crippen LogP contribution in [0, 0.1) is 0 Å². The Labute approximate surface area is 172 Å². The van der Waals surface area contributed by atoms with E-state index in [0.717, 1.165) is 6.42 Å². The van der Waals surface area contributed by atoms with E-state index in [2.05, 4.69) is 32.9 Å². The fourth-order valence-electron chi connectivity index (χ4n) is 3.95. The van der Waals surface area contributed by atoms with Crippen molar-refractivity contribution < 1.29 is 8.42 Å². The number of rotatable bonds is 14. The predicted octanol–water partition coefficient (Wildman–Crippen LogP) is 5.77. The van der Waals surface area contributed by atoms with Crippen LogP contribution in [0.5, 0.6) is 0 Å². The Kier molecular flexibility index (Phi) is 11.5. The Bertz CT molecular complexity index is 606. The van der Waals surface area contributed by atoms with Gasteiger partial charge in [-0.25, -0.2) is 0 Å². The van der Waals surface area contributed by atoms with Crippen LogP contribution in [0.2, 0.25) is 13.3 Å². The summed E-state index contributed by atoms with van der Waals surface area (Å²) >= 11 is -2.47. The van der Waals surface area contributed by atoms with E-state index in [0.29, 0.717) is 11.4 Å². The molecular formula is C22H41NO2SSn. The standard InChI is InChI=1S/C10H14NO2S.3C4H9.Sn/c1-3-9-11(2)14(12,13)10-7-5-4-6-8-10;3*1-3-4-2;/h5-8H,3,9H2,1-2H3;3*1,3-4H2,2H3;. The molecule has 27 heavy (non-hydrogen) atoms. The molecule has 0 spiro atoms. The molecule has 0 unspecified atom stereocenters. The van der Waals surface area contributed by atoms with Crippen molar-refractivity contribution >= 4 is 32.0 Å². The molecule has 0 aromatic heterocycles. The van der Waals surface area contributed by atoms with E-state index in [4.69, 9.17) is 0 Å². The zero-order valence-electron chi connectivity index (χ0n) is 18.3. The van der Waals surface area contributed by atoms with Gasteiger partial charge in [0.1, 0.15) is 0 Å². The molecule has 0 radical (unpaired) electrons. The second-order valence-corrected chi connectivity index (χ2v) is 23.2. The fraction of sp³-hybridized carbons (Fsp3) is 0.727. The van der Waals surface area contributed by atoms with Crippen LogP contribution < -0.4 is 3.58 Å². The molecule has 0 aliphatic carbocycles. The summed E-state index contributed by atoms with van der Waals surface area (Å²) < 4.78 is 32.7. The summed E-state index contributed by atoms with van der Waals surface area (Å²) in [5, 5.41) is 0. The van der Waals surface area contributed by atoms with Crippen LogP contribution in [0.1, 0.15) is 72.6 Å². The Morgan fingerprint density at radius 2 is 1.22 bits per heavy atom. The molecule has 0 saturated heterocycles. The third-order valence-electron chi connectivity index (χ3n) is 5.74. The molecule has 0 aliphatic rings. The molecule has 1 rings (SSSR count). The molecule has 0 saturated carbocycles. The third kappa shape index (κ3) is 7.04. The van der Waals surface area contributed by atoms with Gasteiger partial charge >= 0.3 is 173 Å². The van der Waals surface area contributed by atoms with Gasteiger partial charge in [0, 0.05) is 0 Å². The maximum absolute atomic E-state index is 12.7. The quantitative estimate of drug-likeness (QED) is 0.303. The Hall–Kier alpha value is -0.0713. The van der Waals surface area contributed by atoms with Crippen molar-refractivity contribution in [3.8, 4) is 0 Å². The van der Waals surface area contributed by atoms with Crippen molar-refractivity contribution in [2.24, 2.45) is 0 Å². The Balaban J connectivity index is 3.21. The zero-order chi connectivity index (χ0) is 20.3. The second kappa shape index (κ2) is 12.5. The van der Waals surface area contributed by atoms with E-state index < -0.39 is 28.4 Å². The van der Waals surface area contributed by atoms with Gasteiger partial charge in [-0.15, -0.1) is 0 Å². The monoisotopic (exact) mass is 503 g/mol. The van der Waals surface area contributed by atoms with Crippen LogP contribution in [0.25, 0.3) is 0 Å². The summed E-state index contributed by atoms with van der Waals surface area (Å²) in [7, 11) is -1.68. The summed E-state index contributed by atoms with van der Waals surface area (Å²) in [5.74, 6) is 0. The van der Waals surface area contributed by atoms with Gasteiger partial charge in [-0.3, -0.25) is 0 Å². The van der Waals surface area contributed by atoms with Crippen LogP contribution in [-0.4, -0.2) is 44.7 Å². The molecule has 0 aliphatic heterocycles. The van der Waals surface area contributed by atoms with E-state index in [1.54, 1.807) is 7.05 Å². The summed E-state index contributed by atoms with van der Waals surface area (Å²) in [6.07, 6.45) is 8.56. The van der Waals surface area contributed by atoms with E-state index >= 15 is 0 Å². The van der Waals surface area contributed by atoms with Gasteiger partial charge in [-0.1, -0.05) is 0 Å². The van der Waals surface area contributed by atoms with Crippen molar-refractivity contribution in [2.45, 2.75) is 90.8 Å². The molecule has 0 heterocycles. The number of nitrogens with zero attached hydrogens (tertiary/aromatic N) is 1. The average Bonchev–Trinajstić information content (AvgIpc) is 2.68. The van der Waals surface area contributed by atoms with Crippen LogP contribution in [0.15, 0.2) is 29.2 Å². The summed E-state index contributed by atoms with van der Waals surface area (Å²) in [6.45, 7) is 9.43. The van der Waals surface area contributed by atoms with Crippen molar-refractivity contribution in [2.75, 3.05) is 13.6 Å². The average molecular weight is 502 g/mol. The van der Waals surface area contributed by atoms with Crippen LogP contribution in [0.4, 0.5) is 0 Å². The fourth-order valence-corrected chi connectivity index (χ4v) is 21.1. The number of hydrogen-bond acceptors (Lipinski definition) is 2. The third-order valence-corrected chi connectivity index (χ3v) is 23.3. The first kappa shape index (κ1) is 25.0. The van der Waals surface area contributed by atoms with E-state index in [1.165, 1.54) is 59.7 Å². The molecule has 5 heteroatoms. The SMILES string of the molecule is CCC[CH2][Sn]([CH2]CCC)([CH2]CCC)[c]1ccc(S(=O)(=O)N(C)CCC)cc1. The minimum atomic E-state index is -3.36. The van der Waals surface area contributed by atoms with Crippen LogP contribution >= 0.6 is 0 Å². The zero-order valence-corrected chi connectivity index (χ0v) is 21.9. The molecule has 1 aromatic rings. The van der Waals surface area contributed by atoms with Crippen LogP contribution in [0.3, 0.4) is 0 Å². The van der Waals surface area contributed by atoms with E-state index in [-0.39, 0.29) is 0 Å². The van der Waals surface area contributed by atoms with Crippen LogP contribution in [-0.2, 0) is 10.0 Å². The van der Waals surface area contributed by atoms with Gasteiger partial charge in [0.2, 0.25) is 0 Å². The first-order valence-corrected chi connectivity index (χ1v) is 19.9. The molecule has 0 amide bonds. The van der Waals surface area contributed by atoms with Gasteiger partial charge in [-0.2, -0.15) is 0 Å². The maximum atomic E-state index is 12.7. The summed E-state index contributed by atoms with van der Waals surface area (Å²) in [6, 6.07) is 8.13. The Morgan fingerprint density at radius 1 is 0.778 bits per heavy atom. The van der Waals surface area contributed by atoms with Gasteiger partial charge in [0.25, 0.3) is 0 Å². The minimum absolute atomic E-state index is 0.448. The molecule has 0 fully saturated rings. The van der Waals surface area contributed by atoms with E-state index in [1.807, 2.05) is 19.1 Å². The predicted molar refractivity (Wildman–Crippen MR) is 121 cm³/mol. The number of benzene rings is 1. The van der Waals surface area contributed by atoms with Gasteiger partial charge in [-0.05, 0) is 0 Å².